The van der Waals surface area contributed by atoms with Crippen molar-refractivity contribution in [1.82, 2.24) is 14.6 Å². The molecule has 16 heavy (non-hydrogen) atoms. The number of hydrogen-bond donors (Lipinski definition) is 1. The Morgan fingerprint density at radius 1 is 1.50 bits per heavy atom. The van der Waals surface area contributed by atoms with Gasteiger partial charge in [0.25, 0.3) is 0 Å². The summed E-state index contributed by atoms with van der Waals surface area (Å²) in [5.41, 5.74) is 0.850. The average Bonchev–Trinajstić information content (AvgIpc) is 3.04. The van der Waals surface area contributed by atoms with Crippen LogP contribution in [-0.4, -0.2) is 26.5 Å². The molecule has 2 heterocycles. The normalized spacial score (nSPS) is 17.6. The first-order valence-corrected chi connectivity index (χ1v) is 5.95. The Morgan fingerprint density at radius 2 is 2.38 bits per heavy atom. The van der Waals surface area contributed by atoms with Crippen molar-refractivity contribution >= 4 is 23.1 Å². The largest absolute Gasteiger partial charge is 0.368 e. The standard InChI is InChI=1S/C11H13ClN4/c12-9(8-1-2-8)7-13-10-4-6-16-11(15-10)3-5-14-16/h3-6,8-9H,1-2,7H2,(H,13,15). The predicted molar refractivity (Wildman–Crippen MR) is 63.8 cm³/mol. The number of hydrogen-bond acceptors (Lipinski definition) is 3. The number of nitrogens with one attached hydrogen (secondary N) is 1. The highest BCUT2D eigenvalue weighted by Gasteiger charge is 2.29. The van der Waals surface area contributed by atoms with E-state index in [9.17, 15) is 0 Å². The number of nitrogens with zero attached hydrogens (tertiary/aromatic N) is 3. The van der Waals surface area contributed by atoms with Gasteiger partial charge >= 0.3 is 0 Å². The molecule has 0 aliphatic heterocycles. The van der Waals surface area contributed by atoms with Gasteiger partial charge in [-0.2, -0.15) is 5.10 Å². The van der Waals surface area contributed by atoms with Gasteiger partial charge < -0.3 is 5.32 Å². The van der Waals surface area contributed by atoms with Crippen molar-refractivity contribution < 1.29 is 0 Å². The lowest BCUT2D eigenvalue weighted by Crippen LogP contribution is -2.16. The Hall–Kier alpha value is -1.29. The molecule has 84 valence electrons. The van der Waals surface area contributed by atoms with Gasteiger partial charge in [-0.15, -0.1) is 11.6 Å². The summed E-state index contributed by atoms with van der Waals surface area (Å²) in [6, 6.07) is 3.79. The van der Waals surface area contributed by atoms with E-state index in [1.807, 2.05) is 18.3 Å². The van der Waals surface area contributed by atoms with Crippen LogP contribution in [-0.2, 0) is 0 Å². The summed E-state index contributed by atoms with van der Waals surface area (Å²) in [4.78, 5) is 4.42. The molecule has 1 aliphatic carbocycles. The van der Waals surface area contributed by atoms with Crippen LogP contribution in [0.15, 0.2) is 24.5 Å². The first kappa shape index (κ1) is 9.90. The van der Waals surface area contributed by atoms with Crippen molar-refractivity contribution in [2.24, 2.45) is 5.92 Å². The highest BCUT2D eigenvalue weighted by Crippen LogP contribution is 2.35. The number of aromatic nitrogens is 3. The minimum absolute atomic E-state index is 0.225. The van der Waals surface area contributed by atoms with E-state index in [0.29, 0.717) is 5.92 Å². The number of anilines is 1. The Bertz CT molecular complexity index is 491. The summed E-state index contributed by atoms with van der Waals surface area (Å²) in [6.07, 6.45) is 6.17. The lowest BCUT2D eigenvalue weighted by Gasteiger charge is -2.09. The van der Waals surface area contributed by atoms with Gasteiger partial charge in [0.05, 0.1) is 11.6 Å². The number of halogens is 1. The molecule has 2 aromatic rings. The molecular formula is C11H13ClN4. The molecule has 0 bridgehead atoms. The van der Waals surface area contributed by atoms with Crippen molar-refractivity contribution in [1.29, 1.82) is 0 Å². The smallest absolute Gasteiger partial charge is 0.157 e. The highest BCUT2D eigenvalue weighted by molar-refractivity contribution is 6.21. The molecule has 1 atom stereocenters. The molecule has 0 aromatic carbocycles. The van der Waals surface area contributed by atoms with Crippen LogP contribution in [0.25, 0.3) is 5.65 Å². The lowest BCUT2D eigenvalue weighted by molar-refractivity contribution is 0.768. The van der Waals surface area contributed by atoms with Gasteiger partial charge in [-0.05, 0) is 24.8 Å². The molecule has 3 rings (SSSR count). The second-order valence-electron chi connectivity index (χ2n) is 4.18. The van der Waals surface area contributed by atoms with Gasteiger partial charge in [-0.25, -0.2) is 9.50 Å². The van der Waals surface area contributed by atoms with E-state index in [-0.39, 0.29) is 5.38 Å². The lowest BCUT2D eigenvalue weighted by atomic mass is 10.3. The summed E-state index contributed by atoms with van der Waals surface area (Å²) in [6.45, 7) is 0.781. The summed E-state index contributed by atoms with van der Waals surface area (Å²) in [5, 5.41) is 7.58. The van der Waals surface area contributed by atoms with Crippen LogP contribution in [0.2, 0.25) is 0 Å². The van der Waals surface area contributed by atoms with E-state index < -0.39 is 0 Å². The Morgan fingerprint density at radius 3 is 3.19 bits per heavy atom. The van der Waals surface area contributed by atoms with Gasteiger partial charge in [0.15, 0.2) is 5.65 Å². The molecule has 1 N–H and O–H groups in total. The monoisotopic (exact) mass is 236 g/mol. The average molecular weight is 237 g/mol. The van der Waals surface area contributed by atoms with Gasteiger partial charge in [-0.3, -0.25) is 0 Å². The third-order valence-electron chi connectivity index (χ3n) is 2.87. The minimum Gasteiger partial charge on any atom is -0.368 e. The van der Waals surface area contributed by atoms with Crippen LogP contribution in [0.1, 0.15) is 12.8 Å². The van der Waals surface area contributed by atoms with Crippen LogP contribution in [0.3, 0.4) is 0 Å². The Labute approximate surface area is 98.6 Å². The summed E-state index contributed by atoms with van der Waals surface area (Å²) < 4.78 is 1.74. The van der Waals surface area contributed by atoms with Crippen molar-refractivity contribution in [3.05, 3.63) is 24.5 Å². The Balaban J connectivity index is 1.68. The molecule has 0 saturated heterocycles. The predicted octanol–water partition coefficient (Wildman–Crippen LogP) is 2.16. The van der Waals surface area contributed by atoms with E-state index in [4.69, 9.17) is 11.6 Å². The summed E-state index contributed by atoms with van der Waals surface area (Å²) in [7, 11) is 0. The number of fused-ring (bicyclic) bond motifs is 1. The van der Waals surface area contributed by atoms with E-state index in [1.54, 1.807) is 10.7 Å². The molecule has 2 aromatic heterocycles. The summed E-state index contributed by atoms with van der Waals surface area (Å²) in [5.74, 6) is 1.56. The number of rotatable bonds is 4. The summed E-state index contributed by atoms with van der Waals surface area (Å²) >= 11 is 6.22. The maximum atomic E-state index is 6.22. The van der Waals surface area contributed by atoms with E-state index >= 15 is 0 Å². The van der Waals surface area contributed by atoms with Gasteiger partial charge in [0, 0.05) is 18.8 Å². The molecule has 1 saturated carbocycles. The molecule has 0 amide bonds. The second-order valence-corrected chi connectivity index (χ2v) is 4.74. The quantitative estimate of drug-likeness (QED) is 0.828. The van der Waals surface area contributed by atoms with E-state index in [0.717, 1.165) is 18.0 Å². The first-order valence-electron chi connectivity index (χ1n) is 5.51. The zero-order chi connectivity index (χ0) is 11.0. The van der Waals surface area contributed by atoms with Crippen LogP contribution in [0.4, 0.5) is 5.82 Å². The van der Waals surface area contributed by atoms with Crippen LogP contribution in [0.5, 0.6) is 0 Å². The van der Waals surface area contributed by atoms with Crippen LogP contribution >= 0.6 is 11.6 Å². The first-order chi connectivity index (χ1) is 7.83. The van der Waals surface area contributed by atoms with E-state index in [1.165, 1.54) is 12.8 Å². The molecule has 0 spiro atoms. The second kappa shape index (κ2) is 3.94. The van der Waals surface area contributed by atoms with Gasteiger partial charge in [0.1, 0.15) is 5.82 Å². The fraction of sp³-hybridized carbons (Fsp3) is 0.455. The zero-order valence-electron chi connectivity index (χ0n) is 8.81. The third kappa shape index (κ3) is 1.97. The zero-order valence-corrected chi connectivity index (χ0v) is 9.56. The molecule has 0 radical (unpaired) electrons. The molecule has 1 fully saturated rings. The van der Waals surface area contributed by atoms with Crippen molar-refractivity contribution in [2.75, 3.05) is 11.9 Å². The van der Waals surface area contributed by atoms with E-state index in [2.05, 4.69) is 15.4 Å². The third-order valence-corrected chi connectivity index (χ3v) is 3.38. The van der Waals surface area contributed by atoms with Crippen molar-refractivity contribution in [3.8, 4) is 0 Å². The number of alkyl halides is 1. The maximum Gasteiger partial charge on any atom is 0.157 e. The molecule has 4 nitrogen and oxygen atoms in total. The van der Waals surface area contributed by atoms with Gasteiger partial charge in [0.2, 0.25) is 0 Å². The molecule has 5 heteroatoms. The maximum absolute atomic E-state index is 6.22. The highest BCUT2D eigenvalue weighted by atomic mass is 35.5. The molecule has 1 unspecified atom stereocenters. The van der Waals surface area contributed by atoms with Crippen LogP contribution in [0, 0.1) is 5.92 Å². The van der Waals surface area contributed by atoms with Crippen molar-refractivity contribution in [3.63, 3.8) is 0 Å². The molecule has 1 aliphatic rings. The topological polar surface area (TPSA) is 42.2 Å². The van der Waals surface area contributed by atoms with Crippen molar-refractivity contribution in [2.45, 2.75) is 18.2 Å². The van der Waals surface area contributed by atoms with Crippen LogP contribution < -0.4 is 5.32 Å². The minimum atomic E-state index is 0.225. The fourth-order valence-electron chi connectivity index (χ4n) is 1.74. The van der Waals surface area contributed by atoms with Gasteiger partial charge in [-0.1, -0.05) is 0 Å². The SMILES string of the molecule is ClC(CNc1ccn2nccc2n1)C1CC1. The Kier molecular flexibility index (Phi) is 2.44. The fourth-order valence-corrected chi connectivity index (χ4v) is 2.07. The molecular weight excluding hydrogens is 224 g/mol.